The van der Waals surface area contributed by atoms with Crippen LogP contribution in [0.3, 0.4) is 0 Å². The van der Waals surface area contributed by atoms with Crippen molar-refractivity contribution in [2.75, 3.05) is 6.26 Å². The van der Waals surface area contributed by atoms with Gasteiger partial charge >= 0.3 is 6.18 Å². The van der Waals surface area contributed by atoms with E-state index in [1.165, 1.54) is 24.3 Å². The van der Waals surface area contributed by atoms with E-state index in [1.807, 2.05) is 30.3 Å². The van der Waals surface area contributed by atoms with E-state index in [1.54, 1.807) is 18.2 Å². The number of carbonyl (C=O) groups is 1. The topological polar surface area (TPSA) is 89.6 Å². The van der Waals surface area contributed by atoms with Gasteiger partial charge in [0.1, 0.15) is 5.70 Å². The Morgan fingerprint density at radius 1 is 0.972 bits per heavy atom. The molecule has 4 rings (SSSR count). The van der Waals surface area contributed by atoms with Gasteiger partial charge < -0.3 is 5.73 Å². The molecule has 9 heteroatoms. The molecule has 0 bridgehead atoms. The first-order valence-corrected chi connectivity index (χ1v) is 13.0. The summed E-state index contributed by atoms with van der Waals surface area (Å²) in [5.41, 5.74) is 7.14. The summed E-state index contributed by atoms with van der Waals surface area (Å²) in [7, 11) is -3.33. The number of amides is 1. The molecular weight excluding hydrogens is 489 g/mol. The average Bonchev–Trinajstić information content (AvgIpc) is 3.27. The van der Waals surface area contributed by atoms with Crippen molar-refractivity contribution in [1.82, 2.24) is 0 Å². The molecule has 2 N–H and O–H groups in total. The van der Waals surface area contributed by atoms with Crippen molar-refractivity contribution >= 4 is 21.5 Å². The lowest BCUT2D eigenvalue weighted by molar-refractivity contribution is -0.137. The fourth-order valence-electron chi connectivity index (χ4n) is 4.18. The Bertz CT molecular complexity index is 1470. The highest BCUT2D eigenvalue weighted by Gasteiger charge is 2.36. The molecule has 1 aliphatic heterocycles. The Morgan fingerprint density at radius 3 is 2.31 bits per heavy atom. The number of allylic oxidation sites excluding steroid dienone is 1. The number of carbonyl (C=O) groups excluding carboxylic acids is 1. The molecule has 0 aromatic heterocycles. The van der Waals surface area contributed by atoms with Crippen LogP contribution in [0, 0.1) is 5.92 Å². The standard InChI is InChI=1S/C27H23F3N2O3S/c1-36(34,35)21-6-4-5-19(15-21)18-12-9-17(10-13-18)11-14-20-16-24(26(31)33)32-25(20)22-7-2-3-8-23(22)27(28,29)30/h2-10,12-13,15-16,20H,11,14H2,1H3,(H2,31,33). The third-order valence-electron chi connectivity index (χ3n) is 6.01. The number of benzene rings is 3. The minimum absolute atomic E-state index is 0.0481. The Kier molecular flexibility index (Phi) is 6.86. The minimum atomic E-state index is -4.57. The fraction of sp³-hybridized carbons (Fsp3) is 0.185. The van der Waals surface area contributed by atoms with Crippen molar-refractivity contribution in [1.29, 1.82) is 0 Å². The van der Waals surface area contributed by atoms with E-state index >= 15 is 0 Å². The van der Waals surface area contributed by atoms with Crippen molar-refractivity contribution in [2.24, 2.45) is 16.6 Å². The maximum absolute atomic E-state index is 13.6. The number of primary amides is 1. The van der Waals surface area contributed by atoms with Crippen LogP contribution in [0.4, 0.5) is 13.2 Å². The van der Waals surface area contributed by atoms with Crippen molar-refractivity contribution in [3.8, 4) is 11.1 Å². The zero-order chi connectivity index (χ0) is 26.1. The molecule has 186 valence electrons. The maximum Gasteiger partial charge on any atom is 0.417 e. The highest BCUT2D eigenvalue weighted by molar-refractivity contribution is 7.90. The van der Waals surface area contributed by atoms with Crippen LogP contribution in [-0.4, -0.2) is 26.3 Å². The van der Waals surface area contributed by atoms with Crippen molar-refractivity contribution in [3.63, 3.8) is 0 Å². The predicted molar refractivity (Wildman–Crippen MR) is 132 cm³/mol. The average molecular weight is 513 g/mol. The molecular formula is C27H23F3N2O3S. The molecule has 1 aliphatic rings. The molecule has 0 spiro atoms. The largest absolute Gasteiger partial charge is 0.417 e. The van der Waals surface area contributed by atoms with Crippen LogP contribution in [-0.2, 0) is 27.2 Å². The van der Waals surface area contributed by atoms with E-state index in [0.29, 0.717) is 12.8 Å². The van der Waals surface area contributed by atoms with E-state index in [-0.39, 0.29) is 21.9 Å². The minimum Gasteiger partial charge on any atom is -0.364 e. The molecule has 0 fully saturated rings. The molecule has 3 aromatic rings. The van der Waals surface area contributed by atoms with Gasteiger partial charge in [-0.05, 0) is 53.8 Å². The Labute approximate surface area is 207 Å². The second-order valence-corrected chi connectivity index (χ2v) is 10.6. The van der Waals surface area contributed by atoms with E-state index in [2.05, 4.69) is 4.99 Å². The Balaban J connectivity index is 1.55. The number of aliphatic imine (C=N–C) groups is 1. The molecule has 3 aromatic carbocycles. The zero-order valence-electron chi connectivity index (χ0n) is 19.3. The van der Waals surface area contributed by atoms with Gasteiger partial charge in [0.15, 0.2) is 9.84 Å². The third kappa shape index (κ3) is 5.57. The van der Waals surface area contributed by atoms with Crippen LogP contribution in [0.1, 0.15) is 23.1 Å². The monoisotopic (exact) mass is 512 g/mol. The summed E-state index contributed by atoms with van der Waals surface area (Å²) in [5.74, 6) is -1.30. The van der Waals surface area contributed by atoms with Gasteiger partial charge in [-0.2, -0.15) is 13.2 Å². The number of nitrogens with zero attached hydrogens (tertiary/aromatic N) is 1. The molecule has 5 nitrogen and oxygen atoms in total. The number of aryl methyl sites for hydroxylation is 1. The van der Waals surface area contributed by atoms with E-state index in [9.17, 15) is 26.4 Å². The Hall–Kier alpha value is -3.72. The highest BCUT2D eigenvalue weighted by Crippen LogP contribution is 2.36. The first-order valence-electron chi connectivity index (χ1n) is 11.1. The first kappa shape index (κ1) is 25.4. The lowest BCUT2D eigenvalue weighted by atomic mass is 9.89. The summed E-state index contributed by atoms with van der Waals surface area (Å²) in [6, 6.07) is 19.3. The van der Waals surface area contributed by atoms with Gasteiger partial charge in [0, 0.05) is 17.7 Å². The summed E-state index contributed by atoms with van der Waals surface area (Å²) in [4.78, 5) is 16.1. The third-order valence-corrected chi connectivity index (χ3v) is 7.12. The summed E-state index contributed by atoms with van der Waals surface area (Å²) in [5, 5.41) is 0. The van der Waals surface area contributed by atoms with Crippen LogP contribution < -0.4 is 5.73 Å². The number of halogens is 3. The van der Waals surface area contributed by atoms with Crippen LogP contribution in [0.25, 0.3) is 11.1 Å². The summed E-state index contributed by atoms with van der Waals surface area (Å²) < 4.78 is 64.5. The van der Waals surface area contributed by atoms with Gasteiger partial charge in [-0.1, -0.05) is 54.6 Å². The fourth-order valence-corrected chi connectivity index (χ4v) is 4.85. The van der Waals surface area contributed by atoms with Gasteiger partial charge in [-0.15, -0.1) is 0 Å². The quantitative estimate of drug-likeness (QED) is 0.472. The molecule has 0 aliphatic carbocycles. The summed E-state index contributed by atoms with van der Waals surface area (Å²) in [6.07, 6.45) is -0.949. The van der Waals surface area contributed by atoms with Gasteiger partial charge in [-0.3, -0.25) is 4.79 Å². The predicted octanol–water partition coefficient (Wildman–Crippen LogP) is 5.20. The van der Waals surface area contributed by atoms with Crippen LogP contribution in [0.15, 0.2) is 94.5 Å². The molecule has 1 heterocycles. The van der Waals surface area contributed by atoms with Gasteiger partial charge in [0.05, 0.1) is 16.2 Å². The van der Waals surface area contributed by atoms with Crippen LogP contribution >= 0.6 is 0 Å². The normalized spacial score (nSPS) is 15.9. The number of alkyl halides is 3. The second-order valence-electron chi connectivity index (χ2n) is 8.60. The van der Waals surface area contributed by atoms with E-state index in [0.717, 1.165) is 29.0 Å². The first-order chi connectivity index (χ1) is 16.9. The number of rotatable bonds is 7. The molecule has 1 unspecified atom stereocenters. The van der Waals surface area contributed by atoms with Gasteiger partial charge in [-0.25, -0.2) is 13.4 Å². The van der Waals surface area contributed by atoms with E-state index < -0.39 is 33.4 Å². The number of sulfone groups is 1. The molecule has 0 saturated heterocycles. The molecule has 0 radical (unpaired) electrons. The molecule has 1 amide bonds. The van der Waals surface area contributed by atoms with Gasteiger partial charge in [0.25, 0.3) is 5.91 Å². The summed E-state index contributed by atoms with van der Waals surface area (Å²) >= 11 is 0. The van der Waals surface area contributed by atoms with Crippen LogP contribution in [0.2, 0.25) is 0 Å². The number of hydrogen-bond acceptors (Lipinski definition) is 4. The Morgan fingerprint density at radius 2 is 1.67 bits per heavy atom. The second kappa shape index (κ2) is 9.73. The maximum atomic E-state index is 13.6. The summed E-state index contributed by atoms with van der Waals surface area (Å²) in [6.45, 7) is 0. The zero-order valence-corrected chi connectivity index (χ0v) is 20.1. The smallest absolute Gasteiger partial charge is 0.364 e. The van der Waals surface area contributed by atoms with Crippen LogP contribution in [0.5, 0.6) is 0 Å². The highest BCUT2D eigenvalue weighted by atomic mass is 32.2. The number of nitrogens with two attached hydrogens (primary N) is 1. The lowest BCUT2D eigenvalue weighted by Gasteiger charge is -2.17. The molecule has 0 saturated carbocycles. The van der Waals surface area contributed by atoms with Crippen molar-refractivity contribution < 1.29 is 26.4 Å². The molecule has 36 heavy (non-hydrogen) atoms. The van der Waals surface area contributed by atoms with Gasteiger partial charge in [0.2, 0.25) is 0 Å². The number of hydrogen-bond donors (Lipinski definition) is 1. The SMILES string of the molecule is CS(=O)(=O)c1cccc(-c2ccc(CCC3C=C(C(N)=O)N=C3c3ccccc3C(F)(F)F)cc2)c1. The lowest BCUT2D eigenvalue weighted by Crippen LogP contribution is -2.18. The van der Waals surface area contributed by atoms with Crippen molar-refractivity contribution in [3.05, 3.63) is 101 Å². The van der Waals surface area contributed by atoms with E-state index in [4.69, 9.17) is 5.73 Å². The molecule has 1 atom stereocenters. The van der Waals surface area contributed by atoms with Crippen molar-refractivity contribution in [2.45, 2.75) is 23.9 Å².